The first-order valence-corrected chi connectivity index (χ1v) is 11.8. The number of imide groups is 1. The van der Waals surface area contributed by atoms with Gasteiger partial charge in [0.2, 0.25) is 29.0 Å². The third-order valence-electron chi connectivity index (χ3n) is 7.65. The molecule has 6 heteroatoms. The molecule has 2 heterocycles. The fourth-order valence-electron chi connectivity index (χ4n) is 6.10. The Kier molecular flexibility index (Phi) is 4.23. The highest BCUT2D eigenvalue weighted by Gasteiger charge is 2.74. The smallest absolute Gasteiger partial charge is 0.241 e. The number of amides is 2. The van der Waals surface area contributed by atoms with E-state index in [0.717, 1.165) is 15.7 Å². The maximum absolute atomic E-state index is 14.1. The lowest BCUT2D eigenvalue weighted by atomic mass is 9.77. The molecule has 1 aliphatic carbocycles. The molecule has 2 aliphatic heterocycles. The minimum atomic E-state index is -2.07. The molecule has 2 saturated heterocycles. The van der Waals surface area contributed by atoms with E-state index in [-0.39, 0.29) is 11.1 Å². The molecule has 6 nitrogen and oxygen atoms in total. The van der Waals surface area contributed by atoms with Gasteiger partial charge in [0.05, 0.1) is 23.6 Å². The molecule has 0 saturated carbocycles. The largest absolute Gasteiger partial charge is 0.349 e. The number of carbonyl (C=O) groups excluding carboxylic acids is 4. The van der Waals surface area contributed by atoms with Crippen LogP contribution in [0.15, 0.2) is 97.1 Å². The number of ether oxygens (including phenoxy) is 1. The Hall–Kier alpha value is -4.42. The maximum atomic E-state index is 14.1. The number of ketones is 2. The fraction of sp³-hybridized carbons (Fsp3) is 0.133. The topological polar surface area (TPSA) is 80.8 Å². The molecule has 3 atom stereocenters. The van der Waals surface area contributed by atoms with Crippen LogP contribution >= 0.6 is 0 Å². The van der Waals surface area contributed by atoms with Gasteiger partial charge >= 0.3 is 0 Å². The zero-order valence-corrected chi connectivity index (χ0v) is 19.0. The summed E-state index contributed by atoms with van der Waals surface area (Å²) in [4.78, 5) is 57.0. The molecule has 0 unspecified atom stereocenters. The van der Waals surface area contributed by atoms with E-state index in [4.69, 9.17) is 4.74 Å². The van der Waals surface area contributed by atoms with Crippen molar-refractivity contribution in [2.75, 3.05) is 4.90 Å². The van der Waals surface area contributed by atoms with E-state index in [1.807, 2.05) is 36.4 Å². The van der Waals surface area contributed by atoms with Crippen molar-refractivity contribution in [1.29, 1.82) is 0 Å². The number of hydrogen-bond acceptors (Lipinski definition) is 5. The van der Waals surface area contributed by atoms with Gasteiger partial charge in [-0.05, 0) is 17.0 Å². The third kappa shape index (κ3) is 2.49. The first-order valence-electron chi connectivity index (χ1n) is 11.8. The average molecular weight is 473 g/mol. The Morgan fingerprint density at radius 2 is 1.25 bits per heavy atom. The monoisotopic (exact) mass is 473 g/mol. The van der Waals surface area contributed by atoms with E-state index in [2.05, 4.69) is 0 Å². The Balaban J connectivity index is 1.45. The van der Waals surface area contributed by atoms with Crippen molar-refractivity contribution in [3.63, 3.8) is 0 Å². The second kappa shape index (κ2) is 7.29. The summed E-state index contributed by atoms with van der Waals surface area (Å²) in [6.45, 7) is 0. The minimum absolute atomic E-state index is 0.221. The summed E-state index contributed by atoms with van der Waals surface area (Å²) in [6, 6.07) is 28.4. The highest BCUT2D eigenvalue weighted by atomic mass is 16.5. The summed E-state index contributed by atoms with van der Waals surface area (Å²) >= 11 is 0. The average Bonchev–Trinajstić information content (AvgIpc) is 3.49. The highest BCUT2D eigenvalue weighted by Crippen LogP contribution is 2.58. The second-order valence-corrected chi connectivity index (χ2v) is 9.40. The standard InChI is InChI=1S/C30H19NO5/c32-26-20-14-6-7-15-21(20)27(33)30(26)24-23(25(36-30)18-10-2-1-3-11-18)28(34)31(29(24)35)22-16-8-12-17-9-4-5-13-19(17)22/h1-16,23-25H/t23-,24+,25-/m0/s1. The number of nitrogens with zero attached hydrogens (tertiary/aromatic N) is 1. The first-order chi connectivity index (χ1) is 17.5. The van der Waals surface area contributed by atoms with Gasteiger partial charge in [-0.1, -0.05) is 91.0 Å². The van der Waals surface area contributed by atoms with Crippen LogP contribution in [-0.4, -0.2) is 29.0 Å². The van der Waals surface area contributed by atoms with Gasteiger partial charge in [0.1, 0.15) is 0 Å². The lowest BCUT2D eigenvalue weighted by Crippen LogP contribution is -2.51. The molecular weight excluding hydrogens is 454 g/mol. The first kappa shape index (κ1) is 20.9. The van der Waals surface area contributed by atoms with Crippen molar-refractivity contribution in [3.8, 4) is 0 Å². The number of anilines is 1. The summed E-state index contributed by atoms with van der Waals surface area (Å²) in [5.41, 5.74) is -0.546. The van der Waals surface area contributed by atoms with Crippen LogP contribution in [-0.2, 0) is 14.3 Å². The molecule has 174 valence electrons. The van der Waals surface area contributed by atoms with Gasteiger partial charge in [0.25, 0.3) is 0 Å². The number of fused-ring (bicyclic) bond motifs is 4. The lowest BCUT2D eigenvalue weighted by Gasteiger charge is -2.27. The van der Waals surface area contributed by atoms with Crippen molar-refractivity contribution in [1.82, 2.24) is 0 Å². The number of carbonyl (C=O) groups is 4. The second-order valence-electron chi connectivity index (χ2n) is 9.40. The van der Waals surface area contributed by atoms with Crippen LogP contribution in [0.3, 0.4) is 0 Å². The van der Waals surface area contributed by atoms with Crippen molar-refractivity contribution in [2.24, 2.45) is 11.8 Å². The van der Waals surface area contributed by atoms with Crippen LogP contribution in [0.4, 0.5) is 5.69 Å². The molecule has 0 bridgehead atoms. The molecule has 1 spiro atoms. The molecule has 2 fully saturated rings. The molecule has 0 aromatic heterocycles. The number of hydrogen-bond donors (Lipinski definition) is 0. The molecule has 0 radical (unpaired) electrons. The number of Topliss-reactive ketones (excluding diaryl/α,β-unsaturated/α-hetero) is 2. The normalized spacial score (nSPS) is 24.1. The van der Waals surface area contributed by atoms with Gasteiger partial charge in [-0.2, -0.15) is 0 Å². The number of rotatable bonds is 2. The van der Waals surface area contributed by atoms with E-state index < -0.39 is 46.9 Å². The molecule has 2 amide bonds. The molecule has 0 N–H and O–H groups in total. The van der Waals surface area contributed by atoms with Crippen LogP contribution in [0.1, 0.15) is 32.4 Å². The summed E-state index contributed by atoms with van der Waals surface area (Å²) in [7, 11) is 0. The molecular formula is C30H19NO5. The quantitative estimate of drug-likeness (QED) is 0.316. The van der Waals surface area contributed by atoms with E-state index in [9.17, 15) is 19.2 Å². The minimum Gasteiger partial charge on any atom is -0.349 e. The summed E-state index contributed by atoms with van der Waals surface area (Å²) in [6.07, 6.45) is -0.921. The number of benzene rings is 4. The van der Waals surface area contributed by atoms with Gasteiger partial charge in [-0.25, -0.2) is 4.90 Å². The van der Waals surface area contributed by atoms with Crippen molar-refractivity contribution < 1.29 is 23.9 Å². The van der Waals surface area contributed by atoms with Crippen LogP contribution in [0.25, 0.3) is 10.8 Å². The Morgan fingerprint density at radius 3 is 1.97 bits per heavy atom. The van der Waals surface area contributed by atoms with Gasteiger partial charge in [-0.15, -0.1) is 0 Å². The van der Waals surface area contributed by atoms with Crippen LogP contribution in [0.5, 0.6) is 0 Å². The van der Waals surface area contributed by atoms with E-state index in [1.54, 1.807) is 60.7 Å². The molecule has 7 rings (SSSR count). The summed E-state index contributed by atoms with van der Waals surface area (Å²) in [5, 5.41) is 1.61. The van der Waals surface area contributed by atoms with Gasteiger partial charge in [0.15, 0.2) is 0 Å². The molecule has 36 heavy (non-hydrogen) atoms. The fourth-order valence-corrected chi connectivity index (χ4v) is 6.10. The van der Waals surface area contributed by atoms with E-state index >= 15 is 0 Å². The van der Waals surface area contributed by atoms with Crippen molar-refractivity contribution >= 4 is 39.8 Å². The Morgan fingerprint density at radius 1 is 0.639 bits per heavy atom. The third-order valence-corrected chi connectivity index (χ3v) is 7.65. The van der Waals surface area contributed by atoms with Crippen LogP contribution in [0, 0.1) is 11.8 Å². The lowest BCUT2D eigenvalue weighted by molar-refractivity contribution is -0.127. The van der Waals surface area contributed by atoms with Crippen molar-refractivity contribution in [3.05, 3.63) is 114 Å². The summed E-state index contributed by atoms with van der Waals surface area (Å²) in [5.74, 6) is -4.45. The predicted octanol–water partition coefficient (Wildman–Crippen LogP) is 4.53. The Labute approximate surface area is 206 Å². The van der Waals surface area contributed by atoms with E-state index in [1.165, 1.54) is 0 Å². The molecule has 3 aliphatic rings. The van der Waals surface area contributed by atoms with E-state index in [0.29, 0.717) is 11.3 Å². The predicted molar refractivity (Wildman–Crippen MR) is 132 cm³/mol. The zero-order chi connectivity index (χ0) is 24.6. The van der Waals surface area contributed by atoms with Crippen molar-refractivity contribution in [2.45, 2.75) is 11.7 Å². The van der Waals surface area contributed by atoms with Crippen LogP contribution < -0.4 is 4.90 Å². The molecule has 4 aromatic carbocycles. The zero-order valence-electron chi connectivity index (χ0n) is 19.0. The summed E-state index contributed by atoms with van der Waals surface area (Å²) < 4.78 is 6.32. The Bertz CT molecular complexity index is 1580. The van der Waals surface area contributed by atoms with Gasteiger partial charge < -0.3 is 4.74 Å². The van der Waals surface area contributed by atoms with Gasteiger partial charge in [0, 0.05) is 16.5 Å². The molecule has 4 aromatic rings. The SMILES string of the molecule is O=C1[C@@H]2[C@H](c3ccccc3)OC3(C(=O)c4ccccc4C3=O)[C@H]2C(=O)N1c1cccc2ccccc12. The highest BCUT2D eigenvalue weighted by molar-refractivity contribution is 6.37. The maximum Gasteiger partial charge on any atom is 0.241 e. The van der Waals surface area contributed by atoms with Gasteiger partial charge in [-0.3, -0.25) is 19.2 Å². The van der Waals surface area contributed by atoms with Crippen LogP contribution in [0.2, 0.25) is 0 Å².